The molecular weight excluding hydrogens is 241 g/mol. The van der Waals surface area contributed by atoms with Crippen LogP contribution in [0.2, 0.25) is 0 Å². The predicted molar refractivity (Wildman–Crippen MR) is 45.2 cm³/mol. The minimum atomic E-state index is 0.402. The molecule has 1 rings (SSSR count). The maximum absolute atomic E-state index is 8.35. The van der Waals surface area contributed by atoms with Crippen LogP contribution < -0.4 is 0 Å². The number of aromatic nitrogens is 2. The Labute approximate surface area is 72.8 Å². The quantitative estimate of drug-likeness (QED) is 0.697. The van der Waals surface area contributed by atoms with Crippen LogP contribution in [0.4, 0.5) is 0 Å². The van der Waals surface area contributed by atoms with Crippen LogP contribution in [0, 0.1) is 14.9 Å². The molecule has 3 nitrogen and oxygen atoms in total. The summed E-state index contributed by atoms with van der Waals surface area (Å²) in [6.07, 6.45) is 2.30. The summed E-state index contributed by atoms with van der Waals surface area (Å²) in [4.78, 5) is 0. The Kier molecular flexibility index (Phi) is 2.27. The smallest absolute Gasteiger partial charge is 0.0898 e. The Morgan fingerprint density at radius 2 is 2.60 bits per heavy atom. The third kappa shape index (κ3) is 1.48. The maximum atomic E-state index is 8.35. The summed E-state index contributed by atoms with van der Waals surface area (Å²) in [6.45, 7) is 0. The Morgan fingerprint density at radius 3 is 3.00 bits per heavy atom. The summed E-state index contributed by atoms with van der Waals surface area (Å²) in [5.74, 6) is 0. The number of aryl methyl sites for hydroxylation is 1. The van der Waals surface area contributed by atoms with Crippen LogP contribution in [0.1, 0.15) is 5.69 Å². The summed E-state index contributed by atoms with van der Waals surface area (Å²) in [5, 5.41) is 12.4. The summed E-state index contributed by atoms with van der Waals surface area (Å²) in [5.41, 5.74) is 0.866. The van der Waals surface area contributed by atoms with E-state index in [9.17, 15) is 0 Å². The van der Waals surface area contributed by atoms with Gasteiger partial charge in [0, 0.05) is 13.2 Å². The highest BCUT2D eigenvalue weighted by atomic mass is 127. The van der Waals surface area contributed by atoms with Crippen LogP contribution in [0.5, 0.6) is 0 Å². The van der Waals surface area contributed by atoms with Crippen molar-refractivity contribution in [3.8, 4) is 6.07 Å². The van der Waals surface area contributed by atoms with Crippen molar-refractivity contribution in [1.29, 1.82) is 5.26 Å². The first kappa shape index (κ1) is 7.54. The lowest BCUT2D eigenvalue weighted by molar-refractivity contribution is 0.751. The molecule has 1 aromatic rings. The van der Waals surface area contributed by atoms with Crippen LogP contribution in [-0.2, 0) is 13.5 Å². The standard InChI is InChI=1S/C6H6IN3/c1-10-4-5(7)6(9-10)2-3-8/h4H,2H2,1H3. The molecule has 0 N–H and O–H groups in total. The first-order chi connectivity index (χ1) is 4.74. The molecule has 0 bridgehead atoms. The van der Waals surface area contributed by atoms with Gasteiger partial charge >= 0.3 is 0 Å². The van der Waals surface area contributed by atoms with E-state index in [4.69, 9.17) is 5.26 Å². The third-order valence-electron chi connectivity index (χ3n) is 1.10. The lowest BCUT2D eigenvalue weighted by Crippen LogP contribution is -1.89. The fourth-order valence-corrected chi connectivity index (χ4v) is 1.40. The van der Waals surface area contributed by atoms with Gasteiger partial charge in [-0.3, -0.25) is 4.68 Å². The summed E-state index contributed by atoms with van der Waals surface area (Å²) < 4.78 is 2.77. The second-order valence-corrected chi connectivity index (χ2v) is 3.09. The van der Waals surface area contributed by atoms with Gasteiger partial charge in [-0.1, -0.05) is 0 Å². The molecule has 4 heteroatoms. The minimum absolute atomic E-state index is 0.402. The van der Waals surface area contributed by atoms with E-state index in [-0.39, 0.29) is 0 Å². The van der Waals surface area contributed by atoms with Gasteiger partial charge < -0.3 is 0 Å². The van der Waals surface area contributed by atoms with Gasteiger partial charge in [-0.25, -0.2) is 0 Å². The molecule has 1 aromatic heterocycles. The molecule has 0 aliphatic rings. The first-order valence-corrected chi connectivity index (χ1v) is 3.87. The van der Waals surface area contributed by atoms with Crippen LogP contribution >= 0.6 is 22.6 Å². The van der Waals surface area contributed by atoms with Crippen molar-refractivity contribution in [2.75, 3.05) is 0 Å². The van der Waals surface area contributed by atoms with Crippen molar-refractivity contribution in [3.63, 3.8) is 0 Å². The van der Waals surface area contributed by atoms with E-state index in [1.165, 1.54) is 0 Å². The topological polar surface area (TPSA) is 41.6 Å². The van der Waals surface area contributed by atoms with Crippen molar-refractivity contribution in [2.24, 2.45) is 7.05 Å². The van der Waals surface area contributed by atoms with Crippen molar-refractivity contribution in [2.45, 2.75) is 6.42 Å². The van der Waals surface area contributed by atoms with Crippen molar-refractivity contribution < 1.29 is 0 Å². The highest BCUT2D eigenvalue weighted by Gasteiger charge is 2.01. The number of nitrogens with zero attached hydrogens (tertiary/aromatic N) is 3. The molecule has 0 radical (unpaired) electrons. The lowest BCUT2D eigenvalue weighted by atomic mass is 10.3. The highest BCUT2D eigenvalue weighted by Crippen LogP contribution is 2.08. The number of hydrogen-bond donors (Lipinski definition) is 0. The largest absolute Gasteiger partial charge is 0.274 e. The Morgan fingerprint density at radius 1 is 1.90 bits per heavy atom. The average molecular weight is 247 g/mol. The van der Waals surface area contributed by atoms with Crippen molar-refractivity contribution in [3.05, 3.63) is 15.5 Å². The van der Waals surface area contributed by atoms with E-state index in [2.05, 4.69) is 33.8 Å². The second kappa shape index (κ2) is 3.01. The fourth-order valence-electron chi connectivity index (χ4n) is 0.700. The van der Waals surface area contributed by atoms with Gasteiger partial charge in [-0.2, -0.15) is 10.4 Å². The Hall–Kier alpha value is -0.570. The SMILES string of the molecule is Cn1cc(I)c(CC#N)n1. The molecule has 0 aliphatic heterocycles. The van der Waals surface area contributed by atoms with Crippen LogP contribution in [0.15, 0.2) is 6.20 Å². The first-order valence-electron chi connectivity index (χ1n) is 2.79. The van der Waals surface area contributed by atoms with Crippen LogP contribution in [0.25, 0.3) is 0 Å². The van der Waals surface area contributed by atoms with Crippen LogP contribution in [-0.4, -0.2) is 9.78 Å². The Bertz CT molecular complexity index is 271. The number of halogens is 1. The normalized spacial score (nSPS) is 9.30. The number of rotatable bonds is 1. The monoisotopic (exact) mass is 247 g/mol. The summed E-state index contributed by atoms with van der Waals surface area (Å²) in [7, 11) is 1.85. The molecule has 0 unspecified atom stereocenters. The second-order valence-electron chi connectivity index (χ2n) is 1.93. The van der Waals surface area contributed by atoms with E-state index >= 15 is 0 Å². The molecule has 0 atom stereocenters. The molecular formula is C6H6IN3. The molecule has 1 heterocycles. The van der Waals surface area contributed by atoms with Crippen molar-refractivity contribution >= 4 is 22.6 Å². The van der Waals surface area contributed by atoms with Gasteiger partial charge in [0.2, 0.25) is 0 Å². The zero-order valence-corrected chi connectivity index (χ0v) is 7.66. The molecule has 0 aromatic carbocycles. The highest BCUT2D eigenvalue weighted by molar-refractivity contribution is 14.1. The maximum Gasteiger partial charge on any atom is 0.0898 e. The van der Waals surface area contributed by atoms with Gasteiger partial charge in [0.15, 0.2) is 0 Å². The number of hydrogen-bond acceptors (Lipinski definition) is 2. The Balaban J connectivity index is 2.94. The predicted octanol–water partition coefficient (Wildman–Crippen LogP) is 1.09. The fraction of sp³-hybridized carbons (Fsp3) is 0.333. The van der Waals surface area contributed by atoms with Gasteiger partial charge in [-0.05, 0) is 22.6 Å². The van der Waals surface area contributed by atoms with Crippen LogP contribution in [0.3, 0.4) is 0 Å². The van der Waals surface area contributed by atoms with Gasteiger partial charge in [-0.15, -0.1) is 0 Å². The van der Waals surface area contributed by atoms with E-state index in [1.807, 2.05) is 13.2 Å². The molecule has 0 saturated heterocycles. The zero-order valence-electron chi connectivity index (χ0n) is 5.50. The van der Waals surface area contributed by atoms with E-state index in [0.29, 0.717) is 6.42 Å². The average Bonchev–Trinajstić information content (AvgIpc) is 2.13. The van der Waals surface area contributed by atoms with Crippen molar-refractivity contribution in [1.82, 2.24) is 9.78 Å². The van der Waals surface area contributed by atoms with Gasteiger partial charge in [0.05, 0.1) is 21.8 Å². The number of nitriles is 1. The molecule has 52 valence electrons. The summed E-state index contributed by atoms with van der Waals surface area (Å²) >= 11 is 2.17. The van der Waals surface area contributed by atoms with E-state index in [0.717, 1.165) is 9.26 Å². The van der Waals surface area contributed by atoms with E-state index < -0.39 is 0 Å². The zero-order chi connectivity index (χ0) is 7.56. The lowest BCUT2D eigenvalue weighted by Gasteiger charge is -1.83. The molecule has 0 aliphatic carbocycles. The molecule has 0 fully saturated rings. The minimum Gasteiger partial charge on any atom is -0.274 e. The molecule has 0 saturated carbocycles. The summed E-state index contributed by atoms with van der Waals surface area (Å²) in [6, 6.07) is 2.06. The van der Waals surface area contributed by atoms with Gasteiger partial charge in [0.25, 0.3) is 0 Å². The third-order valence-corrected chi connectivity index (χ3v) is 2.00. The van der Waals surface area contributed by atoms with Gasteiger partial charge in [0.1, 0.15) is 0 Å². The molecule has 10 heavy (non-hydrogen) atoms. The van der Waals surface area contributed by atoms with E-state index in [1.54, 1.807) is 4.68 Å². The molecule has 0 spiro atoms. The molecule has 0 amide bonds.